The molecule has 0 bridgehead atoms. The van der Waals surface area contributed by atoms with Crippen LogP contribution >= 0.6 is 11.6 Å². The average Bonchev–Trinajstić information content (AvgIpc) is 3.07. The van der Waals surface area contributed by atoms with Crippen LogP contribution < -0.4 is 16.4 Å². The quantitative estimate of drug-likeness (QED) is 0.442. The molecule has 0 aliphatic heterocycles. The number of nitrogens with zero attached hydrogens (tertiary/aromatic N) is 5. The number of halogens is 1. The molecule has 1 unspecified atom stereocenters. The molecule has 0 fully saturated rings. The van der Waals surface area contributed by atoms with Gasteiger partial charge in [-0.2, -0.15) is 9.97 Å². The van der Waals surface area contributed by atoms with Crippen molar-refractivity contribution < 1.29 is 5.11 Å². The summed E-state index contributed by atoms with van der Waals surface area (Å²) >= 11 is 6.13. The Morgan fingerprint density at radius 1 is 1.21 bits per heavy atom. The second-order valence-electron chi connectivity index (χ2n) is 7.23. The SMILES string of the molecule is CC(C)C(CO)Nc1nc(Nc2ccc(N)c(Cl)c2)c2nnn(C(C)C)c2n1. The van der Waals surface area contributed by atoms with E-state index in [1.54, 1.807) is 22.9 Å². The molecule has 0 aliphatic carbocycles. The summed E-state index contributed by atoms with van der Waals surface area (Å²) in [6.07, 6.45) is 0. The molecule has 28 heavy (non-hydrogen) atoms. The number of benzene rings is 1. The van der Waals surface area contributed by atoms with Crippen LogP contribution in [0.3, 0.4) is 0 Å². The van der Waals surface area contributed by atoms with Crippen LogP contribution in [-0.4, -0.2) is 42.7 Å². The molecule has 3 rings (SSSR count). The average molecular weight is 405 g/mol. The Morgan fingerprint density at radius 2 is 1.96 bits per heavy atom. The normalized spacial score (nSPS) is 12.7. The van der Waals surface area contributed by atoms with Gasteiger partial charge in [-0.1, -0.05) is 30.7 Å². The maximum Gasteiger partial charge on any atom is 0.227 e. The van der Waals surface area contributed by atoms with Gasteiger partial charge in [0.15, 0.2) is 17.0 Å². The summed E-state index contributed by atoms with van der Waals surface area (Å²) in [5, 5.41) is 25.0. The van der Waals surface area contributed by atoms with Crippen LogP contribution in [0.2, 0.25) is 5.02 Å². The van der Waals surface area contributed by atoms with Crippen LogP contribution in [-0.2, 0) is 0 Å². The van der Waals surface area contributed by atoms with E-state index in [9.17, 15) is 5.11 Å². The highest BCUT2D eigenvalue weighted by atomic mass is 35.5. The van der Waals surface area contributed by atoms with E-state index in [-0.39, 0.29) is 24.6 Å². The van der Waals surface area contributed by atoms with E-state index >= 15 is 0 Å². The molecule has 0 saturated carbocycles. The molecular weight excluding hydrogens is 380 g/mol. The van der Waals surface area contributed by atoms with Gasteiger partial charge in [0.2, 0.25) is 5.95 Å². The van der Waals surface area contributed by atoms with Crippen molar-refractivity contribution in [2.45, 2.75) is 39.8 Å². The zero-order valence-corrected chi connectivity index (χ0v) is 17.1. The molecule has 150 valence electrons. The minimum atomic E-state index is -0.181. The molecular formula is C18H25ClN8O. The summed E-state index contributed by atoms with van der Waals surface area (Å²) in [7, 11) is 0. The first-order valence-corrected chi connectivity index (χ1v) is 9.50. The summed E-state index contributed by atoms with van der Waals surface area (Å²) < 4.78 is 1.73. The lowest BCUT2D eigenvalue weighted by Crippen LogP contribution is -2.30. The zero-order chi connectivity index (χ0) is 20.4. The van der Waals surface area contributed by atoms with Gasteiger partial charge in [-0.25, -0.2) is 4.68 Å². The van der Waals surface area contributed by atoms with Gasteiger partial charge in [-0.3, -0.25) is 0 Å². The third-order valence-corrected chi connectivity index (χ3v) is 4.72. The topological polar surface area (TPSA) is 127 Å². The third-order valence-electron chi connectivity index (χ3n) is 4.39. The van der Waals surface area contributed by atoms with E-state index < -0.39 is 0 Å². The summed E-state index contributed by atoms with van der Waals surface area (Å²) in [5.41, 5.74) is 8.13. The van der Waals surface area contributed by atoms with Crippen LogP contribution in [0.15, 0.2) is 18.2 Å². The van der Waals surface area contributed by atoms with E-state index in [0.29, 0.717) is 39.3 Å². The first-order valence-electron chi connectivity index (χ1n) is 9.12. The lowest BCUT2D eigenvalue weighted by atomic mass is 10.1. The molecule has 1 atom stereocenters. The Hall–Kier alpha value is -2.65. The van der Waals surface area contributed by atoms with Crippen molar-refractivity contribution in [1.82, 2.24) is 25.0 Å². The molecule has 3 aromatic rings. The number of nitrogens with one attached hydrogen (secondary N) is 2. The predicted molar refractivity (Wildman–Crippen MR) is 112 cm³/mol. The highest BCUT2D eigenvalue weighted by Crippen LogP contribution is 2.28. The number of hydrogen-bond acceptors (Lipinski definition) is 8. The molecule has 5 N–H and O–H groups in total. The Balaban J connectivity index is 2.07. The molecule has 0 amide bonds. The Morgan fingerprint density at radius 3 is 2.57 bits per heavy atom. The summed E-state index contributed by atoms with van der Waals surface area (Å²) in [5.74, 6) is 1.07. The molecule has 0 saturated heterocycles. The number of anilines is 4. The number of fused-ring (bicyclic) bond motifs is 1. The highest BCUT2D eigenvalue weighted by molar-refractivity contribution is 6.33. The predicted octanol–water partition coefficient (Wildman–Crippen LogP) is 3.21. The van der Waals surface area contributed by atoms with Gasteiger partial charge in [0.05, 0.1) is 29.4 Å². The second-order valence-corrected chi connectivity index (χ2v) is 7.64. The molecule has 10 heteroatoms. The summed E-state index contributed by atoms with van der Waals surface area (Å²) in [4.78, 5) is 9.14. The summed E-state index contributed by atoms with van der Waals surface area (Å²) in [6, 6.07) is 5.13. The molecule has 2 aromatic heterocycles. The van der Waals surface area contributed by atoms with Crippen molar-refractivity contribution in [2.75, 3.05) is 23.0 Å². The standard InChI is InChI=1S/C18H25ClN8O/c1-9(2)14(8-28)22-18-23-16(21-11-5-6-13(20)12(19)7-11)15-17(24-18)27(10(3)4)26-25-15/h5-7,9-10,14,28H,8,20H2,1-4H3,(H2,21,22,23,24). The Kier molecular flexibility index (Phi) is 5.85. The van der Waals surface area contributed by atoms with Crippen LogP contribution in [0.5, 0.6) is 0 Å². The minimum Gasteiger partial charge on any atom is -0.398 e. The highest BCUT2D eigenvalue weighted by Gasteiger charge is 2.19. The molecule has 9 nitrogen and oxygen atoms in total. The van der Waals surface area contributed by atoms with Gasteiger partial charge < -0.3 is 21.5 Å². The van der Waals surface area contributed by atoms with E-state index in [2.05, 4.69) is 30.9 Å². The number of aliphatic hydroxyl groups is 1. The minimum absolute atomic E-state index is 0.0307. The van der Waals surface area contributed by atoms with Crippen molar-refractivity contribution in [3.05, 3.63) is 23.2 Å². The summed E-state index contributed by atoms with van der Waals surface area (Å²) in [6.45, 7) is 8.00. The lowest BCUT2D eigenvalue weighted by Gasteiger charge is -2.20. The molecule has 2 heterocycles. The molecule has 0 aliphatic rings. The van der Waals surface area contributed by atoms with Crippen molar-refractivity contribution >= 4 is 45.9 Å². The van der Waals surface area contributed by atoms with E-state index in [1.807, 2.05) is 27.7 Å². The number of rotatable bonds is 7. The second kappa shape index (κ2) is 8.15. The Labute approximate surface area is 168 Å². The van der Waals surface area contributed by atoms with Crippen molar-refractivity contribution in [1.29, 1.82) is 0 Å². The van der Waals surface area contributed by atoms with E-state index in [1.165, 1.54) is 0 Å². The maximum absolute atomic E-state index is 9.64. The van der Waals surface area contributed by atoms with E-state index in [4.69, 9.17) is 17.3 Å². The Bertz CT molecular complexity index is 972. The zero-order valence-electron chi connectivity index (χ0n) is 16.3. The third kappa shape index (κ3) is 4.10. The van der Waals surface area contributed by atoms with Gasteiger partial charge >= 0.3 is 0 Å². The smallest absolute Gasteiger partial charge is 0.227 e. The van der Waals surface area contributed by atoms with Crippen molar-refractivity contribution in [2.24, 2.45) is 5.92 Å². The van der Waals surface area contributed by atoms with Crippen LogP contribution in [0.1, 0.15) is 33.7 Å². The molecule has 0 spiro atoms. The number of nitrogen functional groups attached to an aromatic ring is 1. The fourth-order valence-corrected chi connectivity index (χ4v) is 2.84. The first-order chi connectivity index (χ1) is 13.3. The molecule has 1 aromatic carbocycles. The van der Waals surface area contributed by atoms with Gasteiger partial charge in [0.25, 0.3) is 0 Å². The monoisotopic (exact) mass is 404 g/mol. The van der Waals surface area contributed by atoms with Gasteiger partial charge in [0.1, 0.15) is 0 Å². The van der Waals surface area contributed by atoms with Crippen molar-refractivity contribution in [3.63, 3.8) is 0 Å². The van der Waals surface area contributed by atoms with Gasteiger partial charge in [0, 0.05) is 5.69 Å². The van der Waals surface area contributed by atoms with Crippen molar-refractivity contribution in [3.8, 4) is 0 Å². The molecule has 0 radical (unpaired) electrons. The van der Waals surface area contributed by atoms with Crippen LogP contribution in [0.4, 0.5) is 23.1 Å². The fraction of sp³-hybridized carbons (Fsp3) is 0.444. The number of hydrogen-bond donors (Lipinski definition) is 4. The number of aliphatic hydroxyl groups excluding tert-OH is 1. The van der Waals surface area contributed by atoms with Crippen LogP contribution in [0, 0.1) is 5.92 Å². The number of nitrogens with two attached hydrogens (primary N) is 1. The van der Waals surface area contributed by atoms with Gasteiger partial charge in [-0.05, 0) is 38.0 Å². The largest absolute Gasteiger partial charge is 0.398 e. The number of aromatic nitrogens is 5. The lowest BCUT2D eigenvalue weighted by molar-refractivity contribution is 0.248. The van der Waals surface area contributed by atoms with E-state index in [0.717, 1.165) is 0 Å². The maximum atomic E-state index is 9.64. The van der Waals surface area contributed by atoms with Crippen LogP contribution in [0.25, 0.3) is 11.2 Å². The fourth-order valence-electron chi connectivity index (χ4n) is 2.66. The first kappa shape index (κ1) is 20.1. The van der Waals surface area contributed by atoms with Gasteiger partial charge in [-0.15, -0.1) is 5.10 Å².